The van der Waals surface area contributed by atoms with Crippen LogP contribution < -0.4 is 15.4 Å². The Balaban J connectivity index is 1.26. The van der Waals surface area contributed by atoms with Gasteiger partial charge in [0.1, 0.15) is 29.2 Å². The summed E-state index contributed by atoms with van der Waals surface area (Å²) in [5.41, 5.74) is 5.97. The summed E-state index contributed by atoms with van der Waals surface area (Å²) in [6, 6.07) is 13.5. The number of thioether (sulfide) groups is 1. The van der Waals surface area contributed by atoms with Gasteiger partial charge in [0.05, 0.1) is 15.8 Å². The number of para-hydroxylation sites is 1. The van der Waals surface area contributed by atoms with Crippen molar-refractivity contribution in [3.05, 3.63) is 94.5 Å². The van der Waals surface area contributed by atoms with Gasteiger partial charge in [0.25, 0.3) is 0 Å². The van der Waals surface area contributed by atoms with E-state index in [9.17, 15) is 18.0 Å². The van der Waals surface area contributed by atoms with Gasteiger partial charge in [-0.1, -0.05) is 24.8 Å². The van der Waals surface area contributed by atoms with Gasteiger partial charge in [-0.2, -0.15) is 0 Å². The van der Waals surface area contributed by atoms with Gasteiger partial charge < -0.3 is 20.5 Å². The van der Waals surface area contributed by atoms with Crippen molar-refractivity contribution >= 4 is 49.9 Å². The van der Waals surface area contributed by atoms with Crippen LogP contribution in [0.1, 0.15) is 16.1 Å². The fraction of sp³-hybridized carbons (Fsp3) is 0.267. The van der Waals surface area contributed by atoms with Gasteiger partial charge in [-0.3, -0.25) is 9.69 Å². The third kappa shape index (κ3) is 6.96. The zero-order chi connectivity index (χ0) is 30.7. The number of fused-ring (bicyclic) bond motifs is 1. The van der Waals surface area contributed by atoms with Crippen LogP contribution in [0.4, 0.5) is 23.2 Å². The molecular formula is C30H28F4N4O3S2. The standard InChI is InChI=1S/C30H28F4N4O3S2/c1-17(42-16-22(35)30(39)40)29-36-23-8-7-19(13-24(23)43-29)41-15-21-25(31)20(26(32)28(34)27(21)33)14-37-9-11-38(12-10-37)18-5-3-2-4-6-18/h2-8,13,22H,1,9-12,14-16,35H2,(H,39,40). The number of halogens is 4. The third-order valence-electron chi connectivity index (χ3n) is 7.06. The predicted molar refractivity (Wildman–Crippen MR) is 161 cm³/mol. The first kappa shape index (κ1) is 30.8. The molecule has 0 amide bonds. The van der Waals surface area contributed by atoms with Crippen molar-refractivity contribution in [1.82, 2.24) is 9.88 Å². The molecule has 1 aliphatic rings. The molecule has 0 spiro atoms. The van der Waals surface area contributed by atoms with Gasteiger partial charge in [0.2, 0.25) is 0 Å². The summed E-state index contributed by atoms with van der Waals surface area (Å²) >= 11 is 2.44. The lowest BCUT2D eigenvalue weighted by Crippen LogP contribution is -2.46. The number of carbonyl (C=O) groups is 1. The monoisotopic (exact) mass is 632 g/mol. The van der Waals surface area contributed by atoms with Crippen molar-refractivity contribution in [3.63, 3.8) is 0 Å². The SMILES string of the molecule is C=C(SCC(N)C(=O)O)c1nc2ccc(OCc3c(F)c(F)c(F)c(CN4CCN(c5ccccc5)CC4)c3F)cc2s1. The number of benzene rings is 3. The molecule has 0 saturated carbocycles. The maximum atomic E-state index is 15.5. The lowest BCUT2D eigenvalue weighted by molar-refractivity contribution is -0.137. The highest BCUT2D eigenvalue weighted by atomic mass is 32.2. The topological polar surface area (TPSA) is 91.9 Å². The summed E-state index contributed by atoms with van der Waals surface area (Å²) in [6.45, 7) is 5.29. The number of aliphatic carboxylic acids is 1. The maximum Gasteiger partial charge on any atom is 0.321 e. The molecule has 1 atom stereocenters. The van der Waals surface area contributed by atoms with Crippen LogP contribution in [0.3, 0.4) is 0 Å². The number of anilines is 1. The first-order chi connectivity index (χ1) is 20.6. The van der Waals surface area contributed by atoms with E-state index in [4.69, 9.17) is 15.6 Å². The Bertz CT molecular complexity index is 1650. The van der Waals surface area contributed by atoms with Crippen molar-refractivity contribution in [3.8, 4) is 5.75 Å². The first-order valence-electron chi connectivity index (χ1n) is 13.3. The number of aromatic nitrogens is 1. The van der Waals surface area contributed by atoms with Gasteiger partial charge in [-0.05, 0) is 30.3 Å². The second-order valence-corrected chi connectivity index (χ2v) is 12.1. The van der Waals surface area contributed by atoms with Gasteiger partial charge >= 0.3 is 5.97 Å². The lowest BCUT2D eigenvalue weighted by atomic mass is 10.1. The van der Waals surface area contributed by atoms with Crippen LogP contribution in [0.15, 0.2) is 55.1 Å². The molecule has 3 aromatic carbocycles. The molecule has 1 saturated heterocycles. The second kappa shape index (κ2) is 13.3. The largest absolute Gasteiger partial charge is 0.489 e. The van der Waals surface area contributed by atoms with E-state index >= 15 is 4.39 Å². The zero-order valence-electron chi connectivity index (χ0n) is 22.9. The average Bonchev–Trinajstić information content (AvgIpc) is 3.45. The molecule has 0 aliphatic carbocycles. The second-order valence-electron chi connectivity index (χ2n) is 9.93. The Morgan fingerprint density at radius 3 is 2.42 bits per heavy atom. The molecule has 0 radical (unpaired) electrons. The maximum absolute atomic E-state index is 15.5. The highest BCUT2D eigenvalue weighted by molar-refractivity contribution is 8.08. The van der Waals surface area contributed by atoms with Crippen molar-refractivity contribution in [1.29, 1.82) is 0 Å². The van der Waals surface area contributed by atoms with E-state index in [1.165, 1.54) is 23.1 Å². The molecule has 2 heterocycles. The smallest absolute Gasteiger partial charge is 0.321 e. The molecule has 226 valence electrons. The van der Waals surface area contributed by atoms with E-state index < -0.39 is 53.0 Å². The molecular weight excluding hydrogens is 604 g/mol. The van der Waals surface area contributed by atoms with Crippen LogP contribution in [0.5, 0.6) is 5.75 Å². The van der Waals surface area contributed by atoms with Crippen molar-refractivity contribution in [2.75, 3.05) is 36.8 Å². The number of hydrogen-bond acceptors (Lipinski definition) is 8. The number of rotatable bonds is 11. The fourth-order valence-corrected chi connectivity index (χ4v) is 6.47. The predicted octanol–water partition coefficient (Wildman–Crippen LogP) is 5.87. The number of nitrogens with two attached hydrogens (primary N) is 1. The summed E-state index contributed by atoms with van der Waals surface area (Å²) in [4.78, 5) is 19.9. The van der Waals surface area contributed by atoms with E-state index in [-0.39, 0.29) is 18.0 Å². The van der Waals surface area contributed by atoms with E-state index in [0.717, 1.165) is 5.69 Å². The summed E-state index contributed by atoms with van der Waals surface area (Å²) in [5.74, 6) is -6.82. The summed E-state index contributed by atoms with van der Waals surface area (Å²) in [7, 11) is 0. The minimum Gasteiger partial charge on any atom is -0.489 e. The quantitative estimate of drug-likeness (QED) is 0.121. The summed E-state index contributed by atoms with van der Waals surface area (Å²) < 4.78 is 65.8. The van der Waals surface area contributed by atoms with Crippen LogP contribution in [0.25, 0.3) is 15.1 Å². The Labute approximate surface area is 253 Å². The van der Waals surface area contributed by atoms with E-state index in [2.05, 4.69) is 16.5 Å². The Kier molecular flexibility index (Phi) is 9.55. The van der Waals surface area contributed by atoms with Crippen molar-refractivity contribution in [2.24, 2.45) is 5.73 Å². The highest BCUT2D eigenvalue weighted by Crippen LogP contribution is 2.35. The average molecular weight is 633 g/mol. The number of ether oxygens (including phenoxy) is 1. The Morgan fingerprint density at radius 2 is 1.72 bits per heavy atom. The van der Waals surface area contributed by atoms with Crippen molar-refractivity contribution in [2.45, 2.75) is 19.2 Å². The minimum atomic E-state index is -1.74. The molecule has 7 nitrogen and oxygen atoms in total. The fourth-order valence-electron chi connectivity index (χ4n) is 4.62. The van der Waals surface area contributed by atoms with E-state index in [0.29, 0.717) is 46.3 Å². The number of nitrogens with zero attached hydrogens (tertiary/aromatic N) is 3. The van der Waals surface area contributed by atoms with Crippen molar-refractivity contribution < 1.29 is 32.2 Å². The summed E-state index contributed by atoms with van der Waals surface area (Å²) in [6.07, 6.45) is 0. The van der Waals surface area contributed by atoms with Crippen LogP contribution in [-0.4, -0.2) is 58.9 Å². The number of piperazine rings is 1. The number of thiazole rings is 1. The molecule has 1 aromatic heterocycles. The molecule has 1 aliphatic heterocycles. The van der Waals surface area contributed by atoms with Crippen LogP contribution in [0.2, 0.25) is 0 Å². The normalized spacial score (nSPS) is 14.7. The molecule has 43 heavy (non-hydrogen) atoms. The molecule has 3 N–H and O–H groups in total. The Hall–Kier alpha value is -3.65. The molecule has 0 bridgehead atoms. The molecule has 13 heteroatoms. The van der Waals surface area contributed by atoms with E-state index in [1.54, 1.807) is 23.1 Å². The summed E-state index contributed by atoms with van der Waals surface area (Å²) in [5, 5.41) is 9.51. The minimum absolute atomic E-state index is 0.121. The molecule has 4 aromatic rings. The molecule has 5 rings (SSSR count). The number of carboxylic acid groups (broad SMARTS) is 1. The van der Waals surface area contributed by atoms with Gasteiger partial charge in [0.15, 0.2) is 17.5 Å². The first-order valence-corrected chi connectivity index (χ1v) is 15.1. The van der Waals surface area contributed by atoms with E-state index in [1.807, 2.05) is 30.3 Å². The van der Waals surface area contributed by atoms with Crippen LogP contribution in [-0.2, 0) is 17.9 Å². The van der Waals surface area contributed by atoms with Gasteiger partial charge in [0, 0.05) is 54.6 Å². The number of carboxylic acids is 1. The van der Waals surface area contributed by atoms with Crippen LogP contribution in [0, 0.1) is 23.3 Å². The van der Waals surface area contributed by atoms with Crippen LogP contribution >= 0.6 is 23.1 Å². The Morgan fingerprint density at radius 1 is 1.02 bits per heavy atom. The lowest BCUT2D eigenvalue weighted by Gasteiger charge is -2.36. The third-order valence-corrected chi connectivity index (χ3v) is 9.33. The van der Waals surface area contributed by atoms with Gasteiger partial charge in [-0.25, -0.2) is 22.5 Å². The zero-order valence-corrected chi connectivity index (χ0v) is 24.5. The molecule has 1 unspecified atom stereocenters. The molecule has 1 fully saturated rings. The highest BCUT2D eigenvalue weighted by Gasteiger charge is 2.28. The number of hydrogen-bond donors (Lipinski definition) is 2. The van der Waals surface area contributed by atoms with Gasteiger partial charge in [-0.15, -0.1) is 23.1 Å².